The van der Waals surface area contributed by atoms with Crippen molar-refractivity contribution >= 4 is 29.2 Å². The lowest BCUT2D eigenvalue weighted by atomic mass is 10.1. The molecule has 2 amide bonds. The molecule has 0 aromatic heterocycles. The highest BCUT2D eigenvalue weighted by Gasteiger charge is 2.35. The van der Waals surface area contributed by atoms with Gasteiger partial charge in [0.15, 0.2) is 0 Å². The molecule has 1 atom stereocenters. The number of unbranched alkanes of at least 4 members (excludes halogenated alkanes) is 2. The number of aryl methyl sites for hydroxylation is 2. The highest BCUT2D eigenvalue weighted by molar-refractivity contribution is 6.03. The number of nitrogens with zero attached hydrogens (tertiary/aromatic N) is 1. The van der Waals surface area contributed by atoms with Gasteiger partial charge in [-0.2, -0.15) is 0 Å². The second-order valence-electron chi connectivity index (χ2n) is 8.08. The van der Waals surface area contributed by atoms with Crippen molar-refractivity contribution in [1.82, 2.24) is 0 Å². The molecule has 3 rings (SSSR count). The molecule has 1 heterocycles. The van der Waals surface area contributed by atoms with Crippen molar-refractivity contribution in [3.05, 3.63) is 59.2 Å². The van der Waals surface area contributed by atoms with Crippen LogP contribution in [-0.4, -0.2) is 30.9 Å². The van der Waals surface area contributed by atoms with Gasteiger partial charge in [0.25, 0.3) is 0 Å². The maximum absolute atomic E-state index is 12.7. The van der Waals surface area contributed by atoms with Gasteiger partial charge in [0.2, 0.25) is 11.8 Å². The van der Waals surface area contributed by atoms with Crippen molar-refractivity contribution in [2.75, 3.05) is 23.4 Å². The van der Waals surface area contributed by atoms with E-state index in [2.05, 4.69) is 12.2 Å². The van der Waals surface area contributed by atoms with Crippen LogP contribution in [0.3, 0.4) is 0 Å². The molecule has 1 fully saturated rings. The van der Waals surface area contributed by atoms with E-state index >= 15 is 0 Å². The molecule has 31 heavy (non-hydrogen) atoms. The molecule has 164 valence electrons. The first-order chi connectivity index (χ1) is 14.9. The SMILES string of the molecule is CCCCCOC(=O)c1ccc(NC(=O)[C@H]2CC(=O)N(c3ccc(C)c(C)c3)C2)cc1. The second-order valence-corrected chi connectivity index (χ2v) is 8.08. The Balaban J connectivity index is 1.56. The fraction of sp³-hybridized carbons (Fsp3) is 0.400. The van der Waals surface area contributed by atoms with E-state index in [1.54, 1.807) is 29.2 Å². The average molecular weight is 423 g/mol. The highest BCUT2D eigenvalue weighted by atomic mass is 16.5. The van der Waals surface area contributed by atoms with E-state index in [1.807, 2.05) is 32.0 Å². The van der Waals surface area contributed by atoms with Crippen LogP contribution < -0.4 is 10.2 Å². The standard InChI is InChI=1S/C25H30N2O4/c1-4-5-6-13-31-25(30)19-8-10-21(11-9-19)26-24(29)20-15-23(28)27(16-20)22-12-7-17(2)18(3)14-22/h7-12,14,20H,4-6,13,15-16H2,1-3H3,(H,26,29)/t20-/m0/s1. The number of anilines is 2. The molecule has 2 aromatic carbocycles. The Morgan fingerprint density at radius 3 is 2.48 bits per heavy atom. The van der Waals surface area contributed by atoms with Gasteiger partial charge >= 0.3 is 5.97 Å². The fourth-order valence-electron chi connectivity index (χ4n) is 3.56. The quantitative estimate of drug-likeness (QED) is 0.497. The van der Waals surface area contributed by atoms with E-state index in [9.17, 15) is 14.4 Å². The maximum atomic E-state index is 12.7. The van der Waals surface area contributed by atoms with Crippen molar-refractivity contribution in [2.45, 2.75) is 46.5 Å². The summed E-state index contributed by atoms with van der Waals surface area (Å²) < 4.78 is 5.24. The summed E-state index contributed by atoms with van der Waals surface area (Å²) in [5.74, 6) is -1.03. The fourth-order valence-corrected chi connectivity index (χ4v) is 3.56. The lowest BCUT2D eigenvalue weighted by molar-refractivity contribution is -0.122. The van der Waals surface area contributed by atoms with Gasteiger partial charge in [-0.3, -0.25) is 9.59 Å². The third-order valence-electron chi connectivity index (χ3n) is 5.67. The van der Waals surface area contributed by atoms with Gasteiger partial charge in [0.05, 0.1) is 18.1 Å². The van der Waals surface area contributed by atoms with Gasteiger partial charge in [-0.15, -0.1) is 0 Å². The van der Waals surface area contributed by atoms with Gasteiger partial charge in [0, 0.05) is 24.3 Å². The first kappa shape index (κ1) is 22.5. The van der Waals surface area contributed by atoms with Crippen LogP contribution in [0, 0.1) is 19.8 Å². The van der Waals surface area contributed by atoms with E-state index < -0.39 is 5.92 Å². The third-order valence-corrected chi connectivity index (χ3v) is 5.67. The monoisotopic (exact) mass is 422 g/mol. The summed E-state index contributed by atoms with van der Waals surface area (Å²) in [6, 6.07) is 12.5. The minimum absolute atomic E-state index is 0.0513. The minimum atomic E-state index is -0.419. The molecular formula is C25H30N2O4. The number of rotatable bonds is 8. The van der Waals surface area contributed by atoms with Crippen molar-refractivity contribution in [3.8, 4) is 0 Å². The molecule has 0 unspecified atom stereocenters. The largest absolute Gasteiger partial charge is 0.462 e. The lowest BCUT2D eigenvalue weighted by Crippen LogP contribution is -2.28. The predicted octanol–water partition coefficient (Wildman–Crippen LogP) is 4.64. The Hall–Kier alpha value is -3.15. The molecule has 1 aliphatic rings. The number of carbonyl (C=O) groups is 3. The smallest absolute Gasteiger partial charge is 0.338 e. The number of hydrogen-bond acceptors (Lipinski definition) is 4. The van der Waals surface area contributed by atoms with Crippen LogP contribution in [-0.2, 0) is 14.3 Å². The van der Waals surface area contributed by atoms with Crippen LogP contribution in [0.25, 0.3) is 0 Å². The first-order valence-corrected chi connectivity index (χ1v) is 10.8. The predicted molar refractivity (Wildman–Crippen MR) is 121 cm³/mol. The summed E-state index contributed by atoms with van der Waals surface area (Å²) in [5.41, 5.74) is 4.14. The zero-order chi connectivity index (χ0) is 22.4. The molecule has 0 saturated carbocycles. The summed E-state index contributed by atoms with van der Waals surface area (Å²) in [6.07, 6.45) is 3.14. The van der Waals surface area contributed by atoms with Crippen LogP contribution in [0.15, 0.2) is 42.5 Å². The van der Waals surface area contributed by atoms with Crippen molar-refractivity contribution < 1.29 is 19.1 Å². The molecule has 0 aliphatic carbocycles. The van der Waals surface area contributed by atoms with E-state index in [0.29, 0.717) is 24.4 Å². The average Bonchev–Trinajstić information content (AvgIpc) is 3.15. The minimum Gasteiger partial charge on any atom is -0.462 e. The number of benzene rings is 2. The summed E-state index contributed by atoms with van der Waals surface area (Å²) in [7, 11) is 0. The Labute approximate surface area is 183 Å². The summed E-state index contributed by atoms with van der Waals surface area (Å²) in [6.45, 7) is 6.90. The molecule has 2 aromatic rings. The Morgan fingerprint density at radius 1 is 1.06 bits per heavy atom. The maximum Gasteiger partial charge on any atom is 0.338 e. The molecule has 0 spiro atoms. The number of nitrogens with one attached hydrogen (secondary N) is 1. The molecule has 6 heteroatoms. The molecular weight excluding hydrogens is 392 g/mol. The van der Waals surface area contributed by atoms with Gasteiger partial charge < -0.3 is 15.0 Å². The third kappa shape index (κ3) is 5.72. The van der Waals surface area contributed by atoms with Crippen LogP contribution >= 0.6 is 0 Å². The summed E-state index contributed by atoms with van der Waals surface area (Å²) in [5, 5.41) is 2.85. The van der Waals surface area contributed by atoms with Crippen LogP contribution in [0.4, 0.5) is 11.4 Å². The van der Waals surface area contributed by atoms with E-state index in [1.165, 1.54) is 0 Å². The second kappa shape index (κ2) is 10.2. The highest BCUT2D eigenvalue weighted by Crippen LogP contribution is 2.27. The number of amides is 2. The molecule has 0 radical (unpaired) electrons. The topological polar surface area (TPSA) is 75.7 Å². The zero-order valence-corrected chi connectivity index (χ0v) is 18.4. The van der Waals surface area contributed by atoms with Crippen LogP contribution in [0.2, 0.25) is 0 Å². The van der Waals surface area contributed by atoms with Crippen molar-refractivity contribution in [2.24, 2.45) is 5.92 Å². The van der Waals surface area contributed by atoms with Gasteiger partial charge in [0.1, 0.15) is 0 Å². The summed E-state index contributed by atoms with van der Waals surface area (Å²) >= 11 is 0. The first-order valence-electron chi connectivity index (χ1n) is 10.8. The number of esters is 1. The van der Waals surface area contributed by atoms with Crippen LogP contribution in [0.5, 0.6) is 0 Å². The van der Waals surface area contributed by atoms with E-state index in [4.69, 9.17) is 4.74 Å². The van der Waals surface area contributed by atoms with Crippen molar-refractivity contribution in [1.29, 1.82) is 0 Å². The van der Waals surface area contributed by atoms with E-state index in [-0.39, 0.29) is 24.2 Å². The molecule has 6 nitrogen and oxygen atoms in total. The van der Waals surface area contributed by atoms with Crippen LogP contribution in [0.1, 0.15) is 54.1 Å². The number of hydrogen-bond donors (Lipinski definition) is 1. The van der Waals surface area contributed by atoms with Gasteiger partial charge in [-0.25, -0.2) is 4.79 Å². The Bertz CT molecular complexity index is 952. The number of carbonyl (C=O) groups excluding carboxylic acids is 3. The Morgan fingerprint density at radius 2 is 1.81 bits per heavy atom. The zero-order valence-electron chi connectivity index (χ0n) is 18.4. The van der Waals surface area contributed by atoms with Gasteiger partial charge in [-0.05, 0) is 67.8 Å². The molecule has 0 bridgehead atoms. The lowest BCUT2D eigenvalue weighted by Gasteiger charge is -2.18. The molecule has 1 aliphatic heterocycles. The van der Waals surface area contributed by atoms with E-state index in [0.717, 1.165) is 36.1 Å². The Kier molecular flexibility index (Phi) is 7.45. The van der Waals surface area contributed by atoms with Gasteiger partial charge in [-0.1, -0.05) is 25.8 Å². The van der Waals surface area contributed by atoms with Crippen molar-refractivity contribution in [3.63, 3.8) is 0 Å². The number of ether oxygens (including phenoxy) is 1. The molecule has 1 saturated heterocycles. The summed E-state index contributed by atoms with van der Waals surface area (Å²) in [4.78, 5) is 38.9. The normalized spacial score (nSPS) is 15.8. The molecule has 1 N–H and O–H groups in total.